The zero-order valence-corrected chi connectivity index (χ0v) is 9.81. The normalized spacial score (nSPS) is 11.7. The Morgan fingerprint density at radius 3 is 2.33 bits per heavy atom. The van der Waals surface area contributed by atoms with Gasteiger partial charge in [0.25, 0.3) is 0 Å². The lowest BCUT2D eigenvalue weighted by atomic mass is 9.95. The largest absolute Gasteiger partial charge is 0.307 e. The highest BCUT2D eigenvalue weighted by atomic mass is 19.1. The molecule has 0 aliphatic heterocycles. The number of nitrogens with one attached hydrogen (secondary N) is 1. The summed E-state index contributed by atoms with van der Waals surface area (Å²) in [6.07, 6.45) is 2.11. The molecule has 0 heterocycles. The first-order valence-electron chi connectivity index (χ1n) is 5.59. The second-order valence-corrected chi connectivity index (χ2v) is 4.21. The van der Waals surface area contributed by atoms with E-state index in [4.69, 9.17) is 0 Å². The predicted molar refractivity (Wildman–Crippen MR) is 62.2 cm³/mol. The lowest BCUT2D eigenvalue weighted by Gasteiger charge is -2.28. The summed E-state index contributed by atoms with van der Waals surface area (Å²) < 4.78 is 13.3. The highest BCUT2D eigenvalue weighted by Gasteiger charge is 2.18. The van der Waals surface area contributed by atoms with Crippen molar-refractivity contribution in [1.29, 1.82) is 0 Å². The highest BCUT2D eigenvalue weighted by molar-refractivity contribution is 5.17. The Balaban J connectivity index is 2.61. The summed E-state index contributed by atoms with van der Waals surface area (Å²) >= 11 is 0. The zero-order valence-electron chi connectivity index (χ0n) is 9.81. The summed E-state index contributed by atoms with van der Waals surface area (Å²) in [4.78, 5) is 0. The quantitative estimate of drug-likeness (QED) is 0.782. The van der Waals surface area contributed by atoms with E-state index in [1.54, 1.807) is 6.07 Å². The van der Waals surface area contributed by atoms with Gasteiger partial charge in [-0.15, -0.1) is 0 Å². The molecule has 0 aliphatic carbocycles. The van der Waals surface area contributed by atoms with Crippen molar-refractivity contribution in [2.45, 2.75) is 45.7 Å². The highest BCUT2D eigenvalue weighted by Crippen LogP contribution is 2.15. The van der Waals surface area contributed by atoms with Crippen molar-refractivity contribution in [1.82, 2.24) is 5.32 Å². The fraction of sp³-hybridized carbons (Fsp3) is 0.538. The van der Waals surface area contributed by atoms with Crippen molar-refractivity contribution in [2.75, 3.05) is 0 Å². The van der Waals surface area contributed by atoms with E-state index >= 15 is 0 Å². The smallest absolute Gasteiger partial charge is 0.127 e. The molecule has 0 spiro atoms. The lowest BCUT2D eigenvalue weighted by Crippen LogP contribution is -2.40. The van der Waals surface area contributed by atoms with Crippen LogP contribution in [0.2, 0.25) is 0 Å². The molecule has 1 aromatic rings. The average molecular weight is 209 g/mol. The van der Waals surface area contributed by atoms with Gasteiger partial charge in [0, 0.05) is 17.6 Å². The molecule has 0 atom stereocenters. The fourth-order valence-electron chi connectivity index (χ4n) is 1.45. The molecule has 0 radical (unpaired) electrons. The molecule has 1 nitrogen and oxygen atoms in total. The van der Waals surface area contributed by atoms with Crippen LogP contribution in [-0.4, -0.2) is 5.54 Å². The van der Waals surface area contributed by atoms with Gasteiger partial charge in [-0.2, -0.15) is 0 Å². The number of rotatable bonds is 5. The monoisotopic (exact) mass is 209 g/mol. The molecule has 0 saturated carbocycles. The molecule has 0 unspecified atom stereocenters. The third kappa shape index (κ3) is 3.31. The fourth-order valence-corrected chi connectivity index (χ4v) is 1.45. The van der Waals surface area contributed by atoms with Crippen LogP contribution in [0.3, 0.4) is 0 Å². The second kappa shape index (κ2) is 5.26. The van der Waals surface area contributed by atoms with E-state index < -0.39 is 0 Å². The first-order chi connectivity index (χ1) is 7.11. The zero-order chi connectivity index (χ0) is 11.3. The van der Waals surface area contributed by atoms with E-state index in [0.717, 1.165) is 18.4 Å². The van der Waals surface area contributed by atoms with Gasteiger partial charge in [-0.25, -0.2) is 4.39 Å². The molecule has 0 fully saturated rings. The molecule has 0 saturated heterocycles. The Kier molecular flexibility index (Phi) is 4.28. The Morgan fingerprint density at radius 1 is 1.20 bits per heavy atom. The van der Waals surface area contributed by atoms with Gasteiger partial charge in [0.2, 0.25) is 0 Å². The predicted octanol–water partition coefficient (Wildman–Crippen LogP) is 3.49. The SMILES string of the molecule is CCC(C)(CC)NCc1ccccc1F. The second-order valence-electron chi connectivity index (χ2n) is 4.21. The van der Waals surface area contributed by atoms with Crippen molar-refractivity contribution in [2.24, 2.45) is 0 Å². The molecule has 15 heavy (non-hydrogen) atoms. The van der Waals surface area contributed by atoms with Gasteiger partial charge >= 0.3 is 0 Å². The molecule has 0 bridgehead atoms. The van der Waals surface area contributed by atoms with Gasteiger partial charge in [-0.3, -0.25) is 0 Å². The van der Waals surface area contributed by atoms with Crippen LogP contribution in [0.15, 0.2) is 24.3 Å². The van der Waals surface area contributed by atoms with Crippen LogP contribution >= 0.6 is 0 Å². The van der Waals surface area contributed by atoms with Crippen molar-refractivity contribution in [3.05, 3.63) is 35.6 Å². The van der Waals surface area contributed by atoms with Crippen molar-refractivity contribution in [3.8, 4) is 0 Å². The van der Waals surface area contributed by atoms with Crippen molar-refractivity contribution >= 4 is 0 Å². The average Bonchev–Trinajstić information content (AvgIpc) is 2.28. The molecule has 1 aromatic carbocycles. The van der Waals surface area contributed by atoms with Crippen LogP contribution in [0.5, 0.6) is 0 Å². The first-order valence-corrected chi connectivity index (χ1v) is 5.59. The van der Waals surface area contributed by atoms with E-state index in [0.29, 0.717) is 6.54 Å². The minimum absolute atomic E-state index is 0.113. The lowest BCUT2D eigenvalue weighted by molar-refractivity contribution is 0.327. The van der Waals surface area contributed by atoms with Crippen molar-refractivity contribution < 1.29 is 4.39 Å². The van der Waals surface area contributed by atoms with E-state index in [1.165, 1.54) is 6.07 Å². The minimum atomic E-state index is -0.125. The summed E-state index contributed by atoms with van der Waals surface area (Å²) in [5, 5.41) is 3.41. The Hall–Kier alpha value is -0.890. The van der Waals surface area contributed by atoms with Gasteiger partial charge in [0.05, 0.1) is 0 Å². The van der Waals surface area contributed by atoms with Gasteiger partial charge < -0.3 is 5.32 Å². The van der Waals surface area contributed by atoms with Crippen LogP contribution < -0.4 is 5.32 Å². The van der Waals surface area contributed by atoms with Gasteiger partial charge in [-0.05, 0) is 25.8 Å². The molecule has 0 aliphatic rings. The number of hydrogen-bond acceptors (Lipinski definition) is 1. The molecular formula is C13H20FN. The Morgan fingerprint density at radius 2 is 1.80 bits per heavy atom. The van der Waals surface area contributed by atoms with Crippen LogP contribution in [0.4, 0.5) is 4.39 Å². The Labute approximate surface area is 91.7 Å². The van der Waals surface area contributed by atoms with Crippen LogP contribution in [0, 0.1) is 5.82 Å². The van der Waals surface area contributed by atoms with E-state index in [1.807, 2.05) is 12.1 Å². The third-order valence-electron chi connectivity index (χ3n) is 3.22. The maximum atomic E-state index is 13.3. The molecule has 84 valence electrons. The standard InChI is InChI=1S/C13H20FN/c1-4-13(3,5-2)15-10-11-8-6-7-9-12(11)14/h6-9,15H,4-5,10H2,1-3H3. The third-order valence-corrected chi connectivity index (χ3v) is 3.22. The van der Waals surface area contributed by atoms with E-state index in [-0.39, 0.29) is 11.4 Å². The molecule has 1 N–H and O–H groups in total. The van der Waals surface area contributed by atoms with Crippen molar-refractivity contribution in [3.63, 3.8) is 0 Å². The van der Waals surface area contributed by atoms with Gasteiger partial charge in [0.15, 0.2) is 0 Å². The van der Waals surface area contributed by atoms with Gasteiger partial charge in [-0.1, -0.05) is 32.0 Å². The molecule has 2 heteroatoms. The van der Waals surface area contributed by atoms with E-state index in [2.05, 4.69) is 26.1 Å². The van der Waals surface area contributed by atoms with Crippen LogP contribution in [0.1, 0.15) is 39.2 Å². The van der Waals surface area contributed by atoms with Crippen LogP contribution in [0.25, 0.3) is 0 Å². The molecule has 1 rings (SSSR count). The van der Waals surface area contributed by atoms with E-state index in [9.17, 15) is 4.39 Å². The summed E-state index contributed by atoms with van der Waals surface area (Å²) in [6.45, 7) is 7.08. The molecule has 0 aromatic heterocycles. The summed E-state index contributed by atoms with van der Waals surface area (Å²) in [5.74, 6) is -0.125. The van der Waals surface area contributed by atoms with Gasteiger partial charge in [0.1, 0.15) is 5.82 Å². The molecule has 0 amide bonds. The number of benzene rings is 1. The summed E-state index contributed by atoms with van der Waals surface area (Å²) in [7, 11) is 0. The first kappa shape index (κ1) is 12.2. The minimum Gasteiger partial charge on any atom is -0.307 e. The topological polar surface area (TPSA) is 12.0 Å². The maximum Gasteiger partial charge on any atom is 0.127 e. The number of hydrogen-bond donors (Lipinski definition) is 1. The summed E-state index contributed by atoms with van der Waals surface area (Å²) in [6, 6.07) is 6.92. The number of halogens is 1. The summed E-state index contributed by atoms with van der Waals surface area (Å²) in [5.41, 5.74) is 0.855. The molecular weight excluding hydrogens is 189 g/mol. The maximum absolute atomic E-state index is 13.3. The van der Waals surface area contributed by atoms with Crippen LogP contribution in [-0.2, 0) is 6.54 Å². The Bertz CT molecular complexity index is 305.